The van der Waals surface area contributed by atoms with E-state index in [9.17, 15) is 9.36 Å². The Morgan fingerprint density at radius 1 is 1.42 bits per heavy atom. The number of carbonyl (C=O) groups is 1. The first kappa shape index (κ1) is 20.8. The second-order valence-electron chi connectivity index (χ2n) is 4.66. The predicted molar refractivity (Wildman–Crippen MR) is 98.6 cm³/mol. The number of rotatable bonds is 11. The van der Waals surface area contributed by atoms with Gasteiger partial charge in [0.05, 0.1) is 13.2 Å². The molecule has 2 aromatic heterocycles. The third-order valence-electron chi connectivity index (χ3n) is 2.89. The zero-order valence-corrected chi connectivity index (χ0v) is 16.8. The third kappa shape index (κ3) is 4.80. The Morgan fingerprint density at radius 3 is 2.69 bits per heavy atom. The lowest BCUT2D eigenvalue weighted by molar-refractivity contribution is -0.106. The minimum Gasteiger partial charge on any atom is -0.397 e. The summed E-state index contributed by atoms with van der Waals surface area (Å²) < 4.78 is 23.9. The predicted octanol–water partition coefficient (Wildman–Crippen LogP) is 2.26. The first-order chi connectivity index (χ1) is 12.5. The van der Waals surface area contributed by atoms with Crippen molar-refractivity contribution in [3.63, 3.8) is 0 Å². The van der Waals surface area contributed by atoms with Crippen molar-refractivity contribution in [2.45, 2.75) is 31.1 Å². The fraction of sp³-hybridized carbons (Fsp3) is 0.538. The molecule has 2 unspecified atom stereocenters. The molecule has 2 heterocycles. The monoisotopic (exact) mass is 422 g/mol. The number of fused-ring (bicyclic) bond motifs is 1. The number of halogens is 1. The van der Waals surface area contributed by atoms with Crippen LogP contribution in [0.15, 0.2) is 6.33 Å². The topological polar surface area (TPSA) is 117 Å². The van der Waals surface area contributed by atoms with Crippen molar-refractivity contribution < 1.29 is 23.7 Å². The summed E-state index contributed by atoms with van der Waals surface area (Å²) in [4.78, 5) is 27.2. The molecule has 0 saturated carbocycles. The summed E-state index contributed by atoms with van der Waals surface area (Å²) >= 11 is 7.14. The van der Waals surface area contributed by atoms with Crippen LogP contribution in [0.2, 0.25) is 5.15 Å². The van der Waals surface area contributed by atoms with Crippen molar-refractivity contribution in [3.8, 4) is 0 Å². The Kier molecular flexibility index (Phi) is 7.54. The van der Waals surface area contributed by atoms with Gasteiger partial charge in [-0.25, -0.2) is 4.98 Å². The fourth-order valence-corrected chi connectivity index (χ4v) is 4.27. The fourth-order valence-electron chi connectivity index (χ4n) is 2.01. The summed E-state index contributed by atoms with van der Waals surface area (Å²) in [6.07, 6.45) is 1.81. The zero-order valence-electron chi connectivity index (χ0n) is 14.3. The van der Waals surface area contributed by atoms with E-state index in [1.807, 2.05) is 0 Å². The molecule has 0 saturated heterocycles. The van der Waals surface area contributed by atoms with Gasteiger partial charge in [0, 0.05) is 11.8 Å². The molecule has 0 radical (unpaired) electrons. The zero-order chi connectivity index (χ0) is 19.2. The smallest absolute Gasteiger partial charge is 0.397 e. The number of thioether (sulfide) groups is 1. The SMILES string of the molecule is CCOC(OCC)([PH+]=O)SC(C)On1cnc2c(Cl)nc(NC=O)nc21. The van der Waals surface area contributed by atoms with Crippen LogP contribution in [-0.2, 0) is 18.8 Å². The third-order valence-corrected chi connectivity index (χ3v) is 5.26. The normalized spacial score (nSPS) is 13.1. The van der Waals surface area contributed by atoms with Gasteiger partial charge >= 0.3 is 13.3 Å². The highest BCUT2D eigenvalue weighted by molar-refractivity contribution is 8.04. The van der Waals surface area contributed by atoms with Crippen LogP contribution in [0.1, 0.15) is 20.8 Å². The maximum absolute atomic E-state index is 11.6. The average Bonchev–Trinajstić information content (AvgIpc) is 2.99. The van der Waals surface area contributed by atoms with Crippen LogP contribution in [0.3, 0.4) is 0 Å². The van der Waals surface area contributed by atoms with Gasteiger partial charge in [-0.1, -0.05) is 16.2 Å². The number of hydrogen-bond acceptors (Lipinski definition) is 9. The lowest BCUT2D eigenvalue weighted by Gasteiger charge is -2.23. The van der Waals surface area contributed by atoms with E-state index in [0.29, 0.717) is 25.1 Å². The van der Waals surface area contributed by atoms with Crippen molar-refractivity contribution in [2.75, 3.05) is 18.5 Å². The average molecular weight is 423 g/mol. The molecular formula is C13H18ClN5O5PS+. The molecule has 142 valence electrons. The summed E-state index contributed by atoms with van der Waals surface area (Å²) in [7, 11) is -0.861. The van der Waals surface area contributed by atoms with Gasteiger partial charge in [0.2, 0.25) is 18.0 Å². The number of hydrogen-bond donors (Lipinski definition) is 1. The highest BCUT2D eigenvalue weighted by atomic mass is 35.5. The molecular weight excluding hydrogens is 405 g/mol. The number of amides is 1. The van der Waals surface area contributed by atoms with E-state index >= 15 is 0 Å². The van der Waals surface area contributed by atoms with Crippen molar-refractivity contribution >= 4 is 55.3 Å². The van der Waals surface area contributed by atoms with Gasteiger partial charge in [0.1, 0.15) is 11.8 Å². The lowest BCUT2D eigenvalue weighted by atomic mass is 10.5. The number of ether oxygens (including phenoxy) is 2. The van der Waals surface area contributed by atoms with Crippen LogP contribution in [0.25, 0.3) is 11.2 Å². The molecule has 0 fully saturated rings. The largest absolute Gasteiger partial charge is 0.427 e. The van der Waals surface area contributed by atoms with Crippen LogP contribution in [0, 0.1) is 0 Å². The number of anilines is 1. The number of imidazole rings is 1. The Bertz CT molecular complexity index is 773. The highest BCUT2D eigenvalue weighted by Crippen LogP contribution is 2.41. The van der Waals surface area contributed by atoms with Gasteiger partial charge < -0.3 is 14.3 Å². The number of nitrogens with zero attached hydrogens (tertiary/aromatic N) is 4. The Morgan fingerprint density at radius 2 is 2.12 bits per heavy atom. The van der Waals surface area contributed by atoms with Crippen LogP contribution in [0.4, 0.5) is 5.95 Å². The minimum absolute atomic E-state index is 0.0159. The summed E-state index contributed by atoms with van der Waals surface area (Å²) in [5.41, 5.74) is 0.0415. The molecule has 0 spiro atoms. The van der Waals surface area contributed by atoms with Gasteiger partial charge in [0.25, 0.3) is 0 Å². The van der Waals surface area contributed by atoms with E-state index in [1.165, 1.54) is 11.1 Å². The quantitative estimate of drug-likeness (QED) is 0.252. The Labute approximate surface area is 160 Å². The maximum atomic E-state index is 11.6. The molecule has 2 atom stereocenters. The number of nitrogens with one attached hydrogen (secondary N) is 1. The number of carbonyl (C=O) groups excluding carboxylic acids is 1. The lowest BCUT2D eigenvalue weighted by Crippen LogP contribution is -2.31. The van der Waals surface area contributed by atoms with E-state index in [0.717, 1.165) is 11.8 Å². The van der Waals surface area contributed by atoms with Gasteiger partial charge in [-0.3, -0.25) is 10.1 Å². The maximum Gasteiger partial charge on any atom is 0.427 e. The van der Waals surface area contributed by atoms with Crippen LogP contribution < -0.4 is 10.2 Å². The molecule has 1 N–H and O–H groups in total. The molecule has 2 rings (SSSR count). The molecule has 26 heavy (non-hydrogen) atoms. The Balaban J connectivity index is 2.23. The summed E-state index contributed by atoms with van der Waals surface area (Å²) in [6.45, 7) is 5.95. The van der Waals surface area contributed by atoms with E-state index < -0.39 is 18.8 Å². The summed E-state index contributed by atoms with van der Waals surface area (Å²) in [5.74, 6) is 0.0159. The Hall–Kier alpha value is -1.52. The van der Waals surface area contributed by atoms with Crippen molar-refractivity contribution in [1.29, 1.82) is 0 Å². The first-order valence-corrected chi connectivity index (χ1v) is 9.78. The molecule has 0 aliphatic rings. The standard InChI is InChI=1S/C13H17ClN5O5PS/c1-4-22-13(25-21,23-5-2)26-8(3)24-19-6-15-9-10(14)17-12(16-7-20)18-11(9)19/h6-8H,4-5H2,1-3H3,(H,16,17,18,20)/p+1. The molecule has 0 aliphatic heterocycles. The highest BCUT2D eigenvalue weighted by Gasteiger charge is 2.45. The first-order valence-electron chi connectivity index (χ1n) is 7.61. The molecule has 10 nitrogen and oxygen atoms in total. The summed E-state index contributed by atoms with van der Waals surface area (Å²) in [5, 5.41) is 2.39. The number of aromatic nitrogens is 4. The van der Waals surface area contributed by atoms with Crippen LogP contribution >= 0.6 is 31.8 Å². The van der Waals surface area contributed by atoms with E-state index in [1.54, 1.807) is 20.8 Å². The van der Waals surface area contributed by atoms with Gasteiger partial charge in [-0.15, -0.1) is 0 Å². The van der Waals surface area contributed by atoms with Crippen molar-refractivity contribution in [1.82, 2.24) is 19.7 Å². The van der Waals surface area contributed by atoms with E-state index in [4.69, 9.17) is 25.9 Å². The molecule has 0 aromatic carbocycles. The molecule has 2 aromatic rings. The van der Waals surface area contributed by atoms with E-state index in [-0.39, 0.29) is 16.7 Å². The van der Waals surface area contributed by atoms with Gasteiger partial charge in [-0.2, -0.15) is 14.7 Å². The summed E-state index contributed by atoms with van der Waals surface area (Å²) in [6, 6.07) is 0. The van der Waals surface area contributed by atoms with Gasteiger partial charge in [0.15, 0.2) is 10.6 Å². The van der Waals surface area contributed by atoms with Crippen molar-refractivity contribution in [2.24, 2.45) is 0 Å². The molecule has 1 amide bonds. The van der Waals surface area contributed by atoms with Crippen LogP contribution in [-0.4, -0.2) is 49.6 Å². The van der Waals surface area contributed by atoms with Crippen LogP contribution in [0.5, 0.6) is 0 Å². The molecule has 13 heteroatoms. The van der Waals surface area contributed by atoms with E-state index in [2.05, 4.69) is 20.3 Å². The molecule has 0 aliphatic carbocycles. The minimum atomic E-state index is -1.32. The molecule has 0 bridgehead atoms. The van der Waals surface area contributed by atoms with Gasteiger partial charge in [-0.05, 0) is 20.8 Å². The van der Waals surface area contributed by atoms with Crippen molar-refractivity contribution in [3.05, 3.63) is 11.5 Å². The second-order valence-corrected chi connectivity index (χ2v) is 7.68. The second kappa shape index (κ2) is 9.43.